The van der Waals surface area contributed by atoms with Crippen LogP contribution in [0.4, 0.5) is 17.1 Å². The zero-order chi connectivity index (χ0) is 30.9. The Morgan fingerprint density at radius 3 is 2.15 bits per heavy atom. The zero-order valence-electron chi connectivity index (χ0n) is 25.2. The summed E-state index contributed by atoms with van der Waals surface area (Å²) in [6.07, 6.45) is 3.84. The lowest BCUT2D eigenvalue weighted by molar-refractivity contribution is 0.669. The largest absolute Gasteiger partial charge is 0.456 e. The highest BCUT2D eigenvalue weighted by Gasteiger charge is 2.20. The summed E-state index contributed by atoms with van der Waals surface area (Å²) in [7, 11) is 0. The van der Waals surface area contributed by atoms with Crippen molar-refractivity contribution in [1.29, 1.82) is 0 Å². The molecule has 0 saturated heterocycles. The van der Waals surface area contributed by atoms with Gasteiger partial charge in [-0.2, -0.15) is 0 Å². The smallest absolute Gasteiger partial charge is 0.137 e. The molecule has 0 aliphatic heterocycles. The number of hydrogen-bond donors (Lipinski definition) is 0. The highest BCUT2D eigenvalue weighted by atomic mass is 32.1. The van der Waals surface area contributed by atoms with E-state index in [9.17, 15) is 0 Å². The predicted octanol–water partition coefficient (Wildman–Crippen LogP) is 12.8. The standard InChI is InChI=1S/C43H26N2OS/c1-2-9-31-28(8-1)24-36(33-11-4-3-10-32(31)33)27-16-18-29(19-17-27)45(30-20-21-41-37(25-30)34-22-23-44-26-42(34)47-41)38-13-7-15-40-43(38)35-12-5-6-14-39(35)46-40/h1-26H. The van der Waals surface area contributed by atoms with Gasteiger partial charge in [0.25, 0.3) is 0 Å². The van der Waals surface area contributed by atoms with E-state index < -0.39 is 0 Å². The molecule has 7 aromatic carbocycles. The van der Waals surface area contributed by atoms with Gasteiger partial charge in [0.15, 0.2) is 0 Å². The Kier molecular flexibility index (Phi) is 5.74. The summed E-state index contributed by atoms with van der Waals surface area (Å²) in [5, 5.41) is 9.73. The second-order valence-corrected chi connectivity index (χ2v) is 13.1. The highest BCUT2D eigenvalue weighted by Crippen LogP contribution is 2.45. The molecule has 0 amide bonds. The Labute approximate surface area is 274 Å². The average Bonchev–Trinajstić information content (AvgIpc) is 3.70. The molecular weight excluding hydrogens is 593 g/mol. The minimum absolute atomic E-state index is 0.876. The molecule has 0 atom stereocenters. The number of aromatic nitrogens is 1. The summed E-state index contributed by atoms with van der Waals surface area (Å²) in [6.45, 7) is 0. The normalized spacial score (nSPS) is 11.8. The molecule has 0 bridgehead atoms. The van der Waals surface area contributed by atoms with Gasteiger partial charge in [-0.1, -0.05) is 84.9 Å². The van der Waals surface area contributed by atoms with Crippen LogP contribution in [0, 0.1) is 0 Å². The molecule has 10 aromatic rings. The van der Waals surface area contributed by atoms with Crippen molar-refractivity contribution in [2.24, 2.45) is 0 Å². The monoisotopic (exact) mass is 618 g/mol. The number of fused-ring (bicyclic) bond motifs is 9. The fraction of sp³-hybridized carbons (Fsp3) is 0. The molecule has 3 nitrogen and oxygen atoms in total. The highest BCUT2D eigenvalue weighted by molar-refractivity contribution is 7.25. The van der Waals surface area contributed by atoms with Gasteiger partial charge in [0.2, 0.25) is 0 Å². The molecule has 220 valence electrons. The first-order valence-electron chi connectivity index (χ1n) is 15.8. The van der Waals surface area contributed by atoms with Crippen molar-refractivity contribution in [1.82, 2.24) is 4.98 Å². The van der Waals surface area contributed by atoms with E-state index in [0.29, 0.717) is 0 Å². The molecule has 0 N–H and O–H groups in total. The van der Waals surface area contributed by atoms with Gasteiger partial charge in [-0.05, 0) is 93.3 Å². The van der Waals surface area contributed by atoms with Crippen molar-refractivity contribution < 1.29 is 4.42 Å². The van der Waals surface area contributed by atoms with E-state index in [0.717, 1.165) is 39.0 Å². The SMILES string of the molecule is c1ccc2c(c1)cc(-c1ccc(N(c3ccc4sc5cnccc5c4c3)c3cccc4oc5ccccc5c34)cc1)c1ccccc12. The maximum Gasteiger partial charge on any atom is 0.137 e. The Hall–Kier alpha value is -5.97. The van der Waals surface area contributed by atoms with Crippen LogP contribution in [0.2, 0.25) is 0 Å². The molecule has 0 radical (unpaired) electrons. The van der Waals surface area contributed by atoms with Crippen LogP contribution >= 0.6 is 11.3 Å². The molecule has 47 heavy (non-hydrogen) atoms. The molecule has 0 unspecified atom stereocenters. The third-order valence-electron chi connectivity index (χ3n) is 9.34. The van der Waals surface area contributed by atoms with Crippen molar-refractivity contribution in [3.8, 4) is 11.1 Å². The van der Waals surface area contributed by atoms with Crippen LogP contribution in [0.5, 0.6) is 0 Å². The van der Waals surface area contributed by atoms with Gasteiger partial charge in [-0.3, -0.25) is 4.98 Å². The maximum absolute atomic E-state index is 6.35. The first-order chi connectivity index (χ1) is 23.3. The fourth-order valence-corrected chi connectivity index (χ4v) is 8.26. The minimum Gasteiger partial charge on any atom is -0.456 e. The average molecular weight is 619 g/mol. The third-order valence-corrected chi connectivity index (χ3v) is 10.5. The lowest BCUT2D eigenvalue weighted by Crippen LogP contribution is -2.10. The van der Waals surface area contributed by atoms with E-state index in [4.69, 9.17) is 4.42 Å². The molecule has 0 aliphatic rings. The van der Waals surface area contributed by atoms with Gasteiger partial charge in [0.05, 0.1) is 15.8 Å². The fourth-order valence-electron chi connectivity index (χ4n) is 7.21. The maximum atomic E-state index is 6.35. The molecule has 0 saturated carbocycles. The lowest BCUT2D eigenvalue weighted by Gasteiger charge is -2.26. The van der Waals surface area contributed by atoms with Crippen molar-refractivity contribution >= 4 is 92.1 Å². The van der Waals surface area contributed by atoms with E-state index in [2.05, 4.69) is 143 Å². The second-order valence-electron chi connectivity index (χ2n) is 12.0. The Balaban J connectivity index is 1.20. The number of para-hydroxylation sites is 1. The summed E-state index contributed by atoms with van der Waals surface area (Å²) in [5.41, 5.74) is 7.44. The molecule has 10 rings (SSSR count). The van der Waals surface area contributed by atoms with Gasteiger partial charge in [-0.15, -0.1) is 11.3 Å². The number of anilines is 3. The van der Waals surface area contributed by atoms with E-state index in [1.165, 1.54) is 52.8 Å². The molecular formula is C43H26N2OS. The van der Waals surface area contributed by atoms with Crippen LogP contribution in [-0.4, -0.2) is 4.98 Å². The quantitative estimate of drug-likeness (QED) is 0.184. The van der Waals surface area contributed by atoms with Crippen LogP contribution < -0.4 is 4.90 Å². The topological polar surface area (TPSA) is 29.3 Å². The predicted molar refractivity (Wildman–Crippen MR) is 200 cm³/mol. The lowest BCUT2D eigenvalue weighted by atomic mass is 9.93. The summed E-state index contributed by atoms with van der Waals surface area (Å²) in [5.74, 6) is 0. The number of thiophene rings is 1. The molecule has 3 heterocycles. The van der Waals surface area contributed by atoms with Crippen molar-refractivity contribution in [3.05, 3.63) is 158 Å². The van der Waals surface area contributed by atoms with Crippen LogP contribution in [-0.2, 0) is 0 Å². The van der Waals surface area contributed by atoms with Crippen molar-refractivity contribution in [3.63, 3.8) is 0 Å². The first-order valence-corrected chi connectivity index (χ1v) is 16.6. The summed E-state index contributed by atoms with van der Waals surface area (Å²) >= 11 is 1.78. The van der Waals surface area contributed by atoms with Crippen molar-refractivity contribution in [2.45, 2.75) is 0 Å². The number of benzene rings is 7. The Morgan fingerprint density at radius 1 is 0.511 bits per heavy atom. The van der Waals surface area contributed by atoms with Crippen LogP contribution in [0.3, 0.4) is 0 Å². The van der Waals surface area contributed by atoms with Crippen LogP contribution in [0.15, 0.2) is 162 Å². The van der Waals surface area contributed by atoms with Crippen molar-refractivity contribution in [2.75, 3.05) is 4.90 Å². The molecule has 0 fully saturated rings. The second kappa shape index (κ2) is 10.3. The molecule has 0 spiro atoms. The number of pyridine rings is 1. The number of nitrogens with zero attached hydrogens (tertiary/aromatic N) is 2. The summed E-state index contributed by atoms with van der Waals surface area (Å²) < 4.78 is 8.80. The van der Waals surface area contributed by atoms with E-state index in [1.807, 2.05) is 24.5 Å². The molecule has 3 aromatic heterocycles. The van der Waals surface area contributed by atoms with Gasteiger partial charge in [0.1, 0.15) is 11.2 Å². The molecule has 4 heteroatoms. The van der Waals surface area contributed by atoms with E-state index in [1.54, 1.807) is 11.3 Å². The first kappa shape index (κ1) is 26.3. The Bertz CT molecular complexity index is 2810. The van der Waals surface area contributed by atoms with E-state index in [-0.39, 0.29) is 0 Å². The van der Waals surface area contributed by atoms with Gasteiger partial charge in [-0.25, -0.2) is 0 Å². The minimum atomic E-state index is 0.876. The third kappa shape index (κ3) is 4.09. The van der Waals surface area contributed by atoms with E-state index >= 15 is 0 Å². The Morgan fingerprint density at radius 2 is 1.26 bits per heavy atom. The summed E-state index contributed by atoms with van der Waals surface area (Å²) in [4.78, 5) is 6.75. The molecule has 0 aliphatic carbocycles. The zero-order valence-corrected chi connectivity index (χ0v) is 26.0. The van der Waals surface area contributed by atoms with Gasteiger partial charge in [0, 0.05) is 44.6 Å². The number of hydrogen-bond acceptors (Lipinski definition) is 4. The van der Waals surface area contributed by atoms with Crippen LogP contribution in [0.1, 0.15) is 0 Å². The van der Waals surface area contributed by atoms with Crippen LogP contribution in [0.25, 0.3) is 74.8 Å². The van der Waals surface area contributed by atoms with Gasteiger partial charge < -0.3 is 9.32 Å². The number of rotatable bonds is 4. The van der Waals surface area contributed by atoms with Gasteiger partial charge >= 0.3 is 0 Å². The summed E-state index contributed by atoms with van der Waals surface area (Å²) in [6, 6.07) is 52.3. The number of furan rings is 1.